The first-order valence-corrected chi connectivity index (χ1v) is 7.29. The van der Waals surface area contributed by atoms with Crippen molar-refractivity contribution in [1.29, 1.82) is 0 Å². The van der Waals surface area contributed by atoms with E-state index in [0.29, 0.717) is 19.6 Å². The van der Waals surface area contributed by atoms with Gasteiger partial charge in [-0.15, -0.1) is 11.3 Å². The summed E-state index contributed by atoms with van der Waals surface area (Å²) in [5.41, 5.74) is 1.01. The molecule has 1 N–H and O–H groups in total. The Labute approximate surface area is 116 Å². The highest BCUT2D eigenvalue weighted by atomic mass is 32.1. The van der Waals surface area contributed by atoms with Crippen LogP contribution in [-0.4, -0.2) is 41.1 Å². The van der Waals surface area contributed by atoms with Gasteiger partial charge in [-0.2, -0.15) is 0 Å². The van der Waals surface area contributed by atoms with Crippen LogP contribution in [0.5, 0.6) is 0 Å². The Balaban J connectivity index is 2.07. The molecule has 2 rings (SSSR count). The maximum Gasteiger partial charge on any atom is 0.228 e. The molecule has 0 saturated carbocycles. The highest BCUT2D eigenvalue weighted by Gasteiger charge is 2.27. The first-order valence-electron chi connectivity index (χ1n) is 6.07. The second kappa shape index (κ2) is 5.50. The lowest BCUT2D eigenvalue weighted by molar-refractivity contribution is -0.142. The Bertz CT molecular complexity index is 495. The van der Waals surface area contributed by atoms with E-state index >= 15 is 0 Å². The average molecular weight is 286 g/mol. The molecule has 0 bridgehead atoms. The SMILES string of the molecule is Cc1[nH]c(=S)sc1CC(=O)N1CC(C)OCC1C. The third-order valence-corrected chi connectivity index (χ3v) is 4.50. The topological polar surface area (TPSA) is 45.3 Å². The summed E-state index contributed by atoms with van der Waals surface area (Å²) in [6.45, 7) is 7.28. The summed E-state index contributed by atoms with van der Waals surface area (Å²) in [6, 6.07) is 0.154. The van der Waals surface area contributed by atoms with E-state index < -0.39 is 0 Å². The minimum atomic E-state index is 0.121. The smallest absolute Gasteiger partial charge is 0.228 e. The standard InChI is InChI=1S/C12H18N2O2S2/c1-7-6-16-8(2)5-14(7)11(15)4-10-9(3)13-12(17)18-10/h7-8H,4-6H2,1-3H3,(H,13,17). The minimum Gasteiger partial charge on any atom is -0.375 e. The fraction of sp³-hybridized carbons (Fsp3) is 0.667. The Kier molecular flexibility index (Phi) is 4.19. The summed E-state index contributed by atoms with van der Waals surface area (Å²) in [5, 5.41) is 0. The quantitative estimate of drug-likeness (QED) is 0.849. The molecule has 2 atom stereocenters. The molecule has 1 aromatic rings. The molecule has 0 radical (unpaired) electrons. The number of aromatic nitrogens is 1. The Hall–Kier alpha value is -0.720. The average Bonchev–Trinajstić information content (AvgIpc) is 2.61. The first-order chi connectivity index (χ1) is 8.47. The van der Waals surface area contributed by atoms with Gasteiger partial charge in [-0.05, 0) is 33.0 Å². The van der Waals surface area contributed by atoms with Gasteiger partial charge in [-0.3, -0.25) is 4.79 Å². The second-order valence-corrected chi connectivity index (χ2v) is 6.55. The number of thiazole rings is 1. The number of amides is 1. The van der Waals surface area contributed by atoms with Gasteiger partial charge in [0.25, 0.3) is 0 Å². The lowest BCUT2D eigenvalue weighted by Gasteiger charge is -2.36. The summed E-state index contributed by atoms with van der Waals surface area (Å²) in [6.07, 6.45) is 0.552. The van der Waals surface area contributed by atoms with Crippen molar-refractivity contribution in [2.24, 2.45) is 0 Å². The fourth-order valence-corrected chi connectivity index (χ4v) is 3.38. The molecule has 1 fully saturated rings. The number of aromatic amines is 1. The number of aryl methyl sites for hydroxylation is 1. The Morgan fingerprint density at radius 2 is 2.33 bits per heavy atom. The molecule has 2 heterocycles. The predicted molar refractivity (Wildman–Crippen MR) is 74.5 cm³/mol. The van der Waals surface area contributed by atoms with Gasteiger partial charge in [0.1, 0.15) is 0 Å². The molecule has 0 aromatic carbocycles. The molecule has 1 aliphatic heterocycles. The molecule has 1 aliphatic rings. The van der Waals surface area contributed by atoms with Gasteiger partial charge >= 0.3 is 0 Å². The summed E-state index contributed by atoms with van der Waals surface area (Å²) in [7, 11) is 0. The van der Waals surface area contributed by atoms with Crippen LogP contribution >= 0.6 is 23.6 Å². The highest BCUT2D eigenvalue weighted by molar-refractivity contribution is 7.73. The van der Waals surface area contributed by atoms with E-state index in [4.69, 9.17) is 17.0 Å². The molecule has 1 amide bonds. The molecule has 1 aromatic heterocycles. The summed E-state index contributed by atoms with van der Waals surface area (Å²) in [5.74, 6) is 0.158. The van der Waals surface area contributed by atoms with Crippen molar-refractivity contribution < 1.29 is 9.53 Å². The number of hydrogen-bond donors (Lipinski definition) is 1. The zero-order valence-corrected chi connectivity index (χ0v) is 12.5. The van der Waals surface area contributed by atoms with Gasteiger partial charge in [-0.25, -0.2) is 0 Å². The largest absolute Gasteiger partial charge is 0.375 e. The summed E-state index contributed by atoms with van der Waals surface area (Å²) >= 11 is 6.58. The van der Waals surface area contributed by atoms with E-state index in [1.807, 2.05) is 25.7 Å². The number of rotatable bonds is 2. The monoisotopic (exact) mass is 286 g/mol. The van der Waals surface area contributed by atoms with Crippen LogP contribution in [0.25, 0.3) is 0 Å². The third kappa shape index (κ3) is 2.99. The van der Waals surface area contributed by atoms with Crippen LogP contribution in [0.15, 0.2) is 0 Å². The van der Waals surface area contributed by atoms with Crippen molar-refractivity contribution in [3.63, 3.8) is 0 Å². The number of carbonyl (C=O) groups is 1. The van der Waals surface area contributed by atoms with Crippen molar-refractivity contribution in [2.75, 3.05) is 13.2 Å². The van der Waals surface area contributed by atoms with Gasteiger partial charge in [0.15, 0.2) is 3.95 Å². The molecule has 1 saturated heterocycles. The number of carbonyl (C=O) groups excluding carboxylic acids is 1. The molecule has 18 heavy (non-hydrogen) atoms. The van der Waals surface area contributed by atoms with Crippen molar-refractivity contribution in [2.45, 2.75) is 39.3 Å². The van der Waals surface area contributed by atoms with Crippen molar-refractivity contribution >= 4 is 29.5 Å². The van der Waals surface area contributed by atoms with Crippen molar-refractivity contribution in [1.82, 2.24) is 9.88 Å². The van der Waals surface area contributed by atoms with E-state index in [0.717, 1.165) is 14.5 Å². The van der Waals surface area contributed by atoms with Crippen LogP contribution < -0.4 is 0 Å². The number of nitrogens with zero attached hydrogens (tertiary/aromatic N) is 1. The Morgan fingerprint density at radius 3 is 2.94 bits per heavy atom. The van der Waals surface area contributed by atoms with Crippen molar-refractivity contribution in [3.05, 3.63) is 14.5 Å². The lowest BCUT2D eigenvalue weighted by Crippen LogP contribution is -2.50. The third-order valence-electron chi connectivity index (χ3n) is 3.16. The second-order valence-electron chi connectivity index (χ2n) is 4.78. The summed E-state index contributed by atoms with van der Waals surface area (Å²) in [4.78, 5) is 18.3. The molecule has 4 nitrogen and oxygen atoms in total. The minimum absolute atomic E-state index is 0.121. The molecule has 0 aliphatic carbocycles. The number of morpholine rings is 1. The van der Waals surface area contributed by atoms with E-state index in [2.05, 4.69) is 4.98 Å². The molecule has 2 unspecified atom stereocenters. The van der Waals surface area contributed by atoms with E-state index in [9.17, 15) is 4.79 Å². The summed E-state index contributed by atoms with van der Waals surface area (Å²) < 4.78 is 6.27. The highest BCUT2D eigenvalue weighted by Crippen LogP contribution is 2.18. The van der Waals surface area contributed by atoms with Gasteiger partial charge in [0.05, 0.1) is 25.2 Å². The van der Waals surface area contributed by atoms with Gasteiger partial charge in [0, 0.05) is 17.1 Å². The van der Waals surface area contributed by atoms with Crippen LogP contribution in [0.2, 0.25) is 0 Å². The number of hydrogen-bond acceptors (Lipinski definition) is 4. The van der Waals surface area contributed by atoms with Crippen LogP contribution in [0.4, 0.5) is 0 Å². The van der Waals surface area contributed by atoms with Crippen LogP contribution in [0.3, 0.4) is 0 Å². The molecular weight excluding hydrogens is 268 g/mol. The molecule has 6 heteroatoms. The number of H-pyrrole nitrogens is 1. The van der Waals surface area contributed by atoms with Crippen molar-refractivity contribution in [3.8, 4) is 0 Å². The van der Waals surface area contributed by atoms with Crippen LogP contribution in [-0.2, 0) is 16.0 Å². The number of nitrogens with one attached hydrogen (secondary N) is 1. The number of ether oxygens (including phenoxy) is 1. The van der Waals surface area contributed by atoms with Crippen LogP contribution in [0.1, 0.15) is 24.4 Å². The van der Waals surface area contributed by atoms with E-state index in [1.54, 1.807) is 0 Å². The lowest BCUT2D eigenvalue weighted by atomic mass is 10.1. The van der Waals surface area contributed by atoms with Gasteiger partial charge < -0.3 is 14.6 Å². The fourth-order valence-electron chi connectivity index (χ4n) is 2.10. The zero-order valence-electron chi connectivity index (χ0n) is 10.9. The van der Waals surface area contributed by atoms with Gasteiger partial charge in [0.2, 0.25) is 5.91 Å². The van der Waals surface area contributed by atoms with E-state index in [-0.39, 0.29) is 18.1 Å². The van der Waals surface area contributed by atoms with Crippen LogP contribution in [0, 0.1) is 10.9 Å². The van der Waals surface area contributed by atoms with Gasteiger partial charge in [-0.1, -0.05) is 0 Å². The zero-order chi connectivity index (χ0) is 13.3. The maximum absolute atomic E-state index is 12.3. The maximum atomic E-state index is 12.3. The molecular formula is C12H18N2O2S2. The Morgan fingerprint density at radius 1 is 1.61 bits per heavy atom. The predicted octanol–water partition coefficient (Wildman–Crippen LogP) is 2.29. The normalized spacial score (nSPS) is 24.3. The molecule has 100 valence electrons. The molecule has 0 spiro atoms. The van der Waals surface area contributed by atoms with E-state index in [1.165, 1.54) is 11.3 Å². The first kappa shape index (κ1) is 13.7.